The number of aromatic carboxylic acids is 1. The molecule has 2 aromatic heterocycles. The van der Waals surface area contributed by atoms with Crippen LogP contribution in [-0.4, -0.2) is 11.1 Å². The summed E-state index contributed by atoms with van der Waals surface area (Å²) in [7, 11) is 0. The molecule has 5 heteroatoms. The van der Waals surface area contributed by atoms with E-state index in [4.69, 9.17) is 5.11 Å². The second-order valence-corrected chi connectivity index (χ2v) is 5.57. The van der Waals surface area contributed by atoms with Crippen molar-refractivity contribution in [2.24, 2.45) is 0 Å². The van der Waals surface area contributed by atoms with Crippen molar-refractivity contribution in [3.8, 4) is 0 Å². The molecule has 0 saturated heterocycles. The molecule has 2 nitrogen and oxygen atoms in total. The smallest absolute Gasteiger partial charge is 0.346 e. The van der Waals surface area contributed by atoms with Crippen molar-refractivity contribution in [3.05, 3.63) is 38.7 Å². The lowest BCUT2D eigenvalue weighted by Gasteiger charge is -1.98. The van der Waals surface area contributed by atoms with Crippen LogP contribution in [0.25, 0.3) is 0 Å². The summed E-state index contributed by atoms with van der Waals surface area (Å²) < 4.78 is 0. The first kappa shape index (κ1) is 10.7. The zero-order valence-corrected chi connectivity index (χ0v) is 10.1. The van der Waals surface area contributed by atoms with E-state index in [1.54, 1.807) is 23.1 Å². The minimum absolute atomic E-state index is 0.456. The van der Waals surface area contributed by atoms with E-state index in [1.807, 2.05) is 22.9 Å². The lowest BCUT2D eigenvalue weighted by molar-refractivity contribution is 0.0701. The van der Waals surface area contributed by atoms with Gasteiger partial charge in [0.05, 0.1) is 0 Å². The normalized spacial score (nSPS) is 10.4. The molecule has 0 aliphatic carbocycles. The number of carboxylic acid groups (broad SMARTS) is 1. The van der Waals surface area contributed by atoms with Crippen molar-refractivity contribution in [1.29, 1.82) is 0 Å². The first-order valence-corrected chi connectivity index (χ1v) is 7.03. The summed E-state index contributed by atoms with van der Waals surface area (Å²) in [6.07, 6.45) is 0. The van der Waals surface area contributed by atoms with Crippen LogP contribution in [0.15, 0.2) is 33.2 Å². The fourth-order valence-corrected chi connectivity index (χ4v) is 3.75. The highest BCUT2D eigenvalue weighted by Crippen LogP contribution is 2.28. The summed E-state index contributed by atoms with van der Waals surface area (Å²) in [4.78, 5) is 12.5. The molecule has 0 saturated carbocycles. The predicted octanol–water partition coefficient (Wildman–Crippen LogP) is 3.80. The lowest BCUT2D eigenvalue weighted by Crippen LogP contribution is -1.95. The Bertz CT molecular complexity index is 445. The molecule has 0 unspecified atom stereocenters. The van der Waals surface area contributed by atoms with E-state index in [1.165, 1.54) is 16.2 Å². The van der Waals surface area contributed by atoms with Gasteiger partial charge in [-0.2, -0.15) is 11.3 Å². The Labute approximate surface area is 99.6 Å². The quantitative estimate of drug-likeness (QED) is 0.845. The molecular formula is C10H8O2S3. The lowest BCUT2D eigenvalue weighted by atomic mass is 10.3. The number of carbonyl (C=O) groups is 1. The van der Waals surface area contributed by atoms with Crippen LogP contribution in [0.1, 0.15) is 15.2 Å². The van der Waals surface area contributed by atoms with Crippen LogP contribution in [0.2, 0.25) is 0 Å². The van der Waals surface area contributed by atoms with Gasteiger partial charge in [-0.1, -0.05) is 0 Å². The molecule has 0 atom stereocenters. The van der Waals surface area contributed by atoms with Crippen molar-refractivity contribution in [2.75, 3.05) is 0 Å². The maximum Gasteiger partial charge on any atom is 0.346 e. The molecule has 2 heterocycles. The maximum atomic E-state index is 10.8. The summed E-state index contributed by atoms with van der Waals surface area (Å²) in [5.74, 6) is -0.104. The van der Waals surface area contributed by atoms with Crippen molar-refractivity contribution >= 4 is 40.4 Å². The van der Waals surface area contributed by atoms with Crippen LogP contribution >= 0.6 is 34.4 Å². The standard InChI is InChI=1S/C10H8O2S3/c11-10(12)9-7(1-4-14-9)5-15-8-2-3-13-6-8/h1-4,6H,5H2,(H,11,12). The molecule has 2 rings (SSSR count). The van der Waals surface area contributed by atoms with Gasteiger partial charge >= 0.3 is 5.97 Å². The van der Waals surface area contributed by atoms with Crippen molar-refractivity contribution in [2.45, 2.75) is 10.6 Å². The minimum atomic E-state index is -0.828. The molecule has 15 heavy (non-hydrogen) atoms. The number of hydrogen-bond acceptors (Lipinski definition) is 4. The van der Waals surface area contributed by atoms with Gasteiger partial charge in [0.25, 0.3) is 0 Å². The van der Waals surface area contributed by atoms with E-state index in [0.29, 0.717) is 4.88 Å². The highest BCUT2D eigenvalue weighted by atomic mass is 32.2. The molecule has 78 valence electrons. The molecule has 1 N–H and O–H groups in total. The van der Waals surface area contributed by atoms with Crippen LogP contribution in [0.5, 0.6) is 0 Å². The van der Waals surface area contributed by atoms with Gasteiger partial charge in [-0.05, 0) is 28.5 Å². The fraction of sp³-hybridized carbons (Fsp3) is 0.100. The highest BCUT2D eigenvalue weighted by molar-refractivity contribution is 7.98. The SMILES string of the molecule is O=C(O)c1sccc1CSc1ccsc1. The zero-order chi connectivity index (χ0) is 10.7. The summed E-state index contributed by atoms with van der Waals surface area (Å²) in [5.41, 5.74) is 0.906. The van der Waals surface area contributed by atoms with Crippen LogP contribution < -0.4 is 0 Å². The summed E-state index contributed by atoms with van der Waals surface area (Å²) in [6.45, 7) is 0. The Hall–Kier alpha value is -0.780. The molecule has 0 aliphatic heterocycles. The average Bonchev–Trinajstić information content (AvgIpc) is 2.86. The number of rotatable bonds is 4. The van der Waals surface area contributed by atoms with Crippen molar-refractivity contribution < 1.29 is 9.90 Å². The van der Waals surface area contributed by atoms with Crippen LogP contribution in [0.4, 0.5) is 0 Å². The fourth-order valence-electron chi connectivity index (χ4n) is 1.13. The predicted molar refractivity (Wildman–Crippen MR) is 65.2 cm³/mol. The first-order chi connectivity index (χ1) is 7.27. The monoisotopic (exact) mass is 256 g/mol. The van der Waals surface area contributed by atoms with Gasteiger partial charge in [-0.15, -0.1) is 23.1 Å². The molecule has 0 fully saturated rings. The maximum absolute atomic E-state index is 10.8. The third kappa shape index (κ3) is 2.62. The van der Waals surface area contributed by atoms with Crippen LogP contribution in [-0.2, 0) is 5.75 Å². The number of carboxylic acids is 1. The van der Waals surface area contributed by atoms with Gasteiger partial charge in [0.15, 0.2) is 0 Å². The largest absolute Gasteiger partial charge is 0.477 e. The van der Waals surface area contributed by atoms with Crippen LogP contribution in [0.3, 0.4) is 0 Å². The molecule has 0 bridgehead atoms. The third-order valence-corrected chi connectivity index (χ3v) is 4.65. The topological polar surface area (TPSA) is 37.3 Å². The van der Waals surface area contributed by atoms with Crippen molar-refractivity contribution in [1.82, 2.24) is 0 Å². The zero-order valence-electron chi connectivity index (χ0n) is 7.67. The van der Waals surface area contributed by atoms with Gasteiger partial charge in [-0.25, -0.2) is 4.79 Å². The second kappa shape index (κ2) is 4.83. The second-order valence-electron chi connectivity index (χ2n) is 2.83. The molecular weight excluding hydrogens is 248 g/mol. The Morgan fingerprint density at radius 3 is 2.93 bits per heavy atom. The van der Waals surface area contributed by atoms with Gasteiger partial charge in [0, 0.05) is 16.0 Å². The average molecular weight is 256 g/mol. The van der Waals surface area contributed by atoms with E-state index >= 15 is 0 Å². The van der Waals surface area contributed by atoms with Gasteiger partial charge in [0.1, 0.15) is 4.88 Å². The third-order valence-electron chi connectivity index (χ3n) is 1.83. The van der Waals surface area contributed by atoms with E-state index < -0.39 is 5.97 Å². The Morgan fingerprint density at radius 1 is 1.40 bits per heavy atom. The van der Waals surface area contributed by atoms with Gasteiger partial charge in [-0.3, -0.25) is 0 Å². The van der Waals surface area contributed by atoms with E-state index in [9.17, 15) is 4.79 Å². The summed E-state index contributed by atoms with van der Waals surface area (Å²) >= 11 is 4.61. The van der Waals surface area contributed by atoms with E-state index in [2.05, 4.69) is 5.38 Å². The summed E-state index contributed by atoms with van der Waals surface area (Å²) in [6, 6.07) is 3.93. The number of thiophene rings is 2. The molecule has 2 aromatic rings. The van der Waals surface area contributed by atoms with Gasteiger partial charge in [0.2, 0.25) is 0 Å². The Balaban J connectivity index is 2.05. The first-order valence-electron chi connectivity index (χ1n) is 4.22. The number of hydrogen-bond donors (Lipinski definition) is 1. The van der Waals surface area contributed by atoms with Crippen LogP contribution in [0, 0.1) is 0 Å². The molecule has 0 radical (unpaired) electrons. The Morgan fingerprint density at radius 2 is 2.27 bits per heavy atom. The molecule has 0 aliphatic rings. The number of thioether (sulfide) groups is 1. The van der Waals surface area contributed by atoms with E-state index in [0.717, 1.165) is 11.3 Å². The van der Waals surface area contributed by atoms with Crippen molar-refractivity contribution in [3.63, 3.8) is 0 Å². The Kier molecular flexibility index (Phi) is 3.45. The summed E-state index contributed by atoms with van der Waals surface area (Å²) in [5, 5.41) is 14.8. The van der Waals surface area contributed by atoms with Gasteiger partial charge < -0.3 is 5.11 Å². The minimum Gasteiger partial charge on any atom is -0.477 e. The molecule has 0 spiro atoms. The molecule has 0 amide bonds. The highest BCUT2D eigenvalue weighted by Gasteiger charge is 2.11. The van der Waals surface area contributed by atoms with E-state index in [-0.39, 0.29) is 0 Å². The molecule has 0 aromatic carbocycles.